The van der Waals surface area contributed by atoms with E-state index in [4.69, 9.17) is 10.5 Å². The zero-order valence-corrected chi connectivity index (χ0v) is 8.91. The lowest BCUT2D eigenvalue weighted by Gasteiger charge is -2.12. The molecule has 0 bridgehead atoms. The fraction of sp³-hybridized carbons (Fsp3) is 0.500. The highest BCUT2D eigenvalue weighted by atomic mass is 32.2. The summed E-state index contributed by atoms with van der Waals surface area (Å²) in [5.41, 5.74) is 6.03. The maximum Gasteiger partial charge on any atom is 0.189 e. The van der Waals surface area contributed by atoms with Crippen LogP contribution < -0.4 is 5.73 Å². The van der Waals surface area contributed by atoms with E-state index in [0.29, 0.717) is 17.3 Å². The van der Waals surface area contributed by atoms with Crippen molar-refractivity contribution in [3.05, 3.63) is 11.8 Å². The standard InChI is InChI=1S/C8H13N3O2S/c1-3-13-7(12)5-4-10-8(14-2)11-6(5)9/h4,7,12H,3H2,1-2H3,(H2,9,10,11). The summed E-state index contributed by atoms with van der Waals surface area (Å²) >= 11 is 1.39. The van der Waals surface area contributed by atoms with Crippen molar-refractivity contribution in [2.24, 2.45) is 0 Å². The fourth-order valence-corrected chi connectivity index (χ4v) is 1.27. The van der Waals surface area contributed by atoms with Crippen molar-refractivity contribution < 1.29 is 9.84 Å². The van der Waals surface area contributed by atoms with Gasteiger partial charge < -0.3 is 15.6 Å². The maximum atomic E-state index is 9.48. The topological polar surface area (TPSA) is 81.3 Å². The summed E-state index contributed by atoms with van der Waals surface area (Å²) in [6.45, 7) is 2.20. The van der Waals surface area contributed by atoms with Crippen LogP contribution in [0.2, 0.25) is 0 Å². The average Bonchev–Trinajstić information content (AvgIpc) is 2.17. The number of hydrogen-bond donors (Lipinski definition) is 2. The van der Waals surface area contributed by atoms with Crippen LogP contribution in [0.5, 0.6) is 0 Å². The first kappa shape index (κ1) is 11.2. The smallest absolute Gasteiger partial charge is 0.189 e. The van der Waals surface area contributed by atoms with Gasteiger partial charge >= 0.3 is 0 Å². The minimum atomic E-state index is -1.05. The summed E-state index contributed by atoms with van der Waals surface area (Å²) in [5.74, 6) is 0.255. The van der Waals surface area contributed by atoms with E-state index in [1.807, 2.05) is 6.26 Å². The Morgan fingerprint density at radius 1 is 1.71 bits per heavy atom. The van der Waals surface area contributed by atoms with E-state index in [1.54, 1.807) is 6.92 Å². The summed E-state index contributed by atoms with van der Waals surface area (Å²) in [6.07, 6.45) is 2.29. The summed E-state index contributed by atoms with van der Waals surface area (Å²) < 4.78 is 4.97. The molecule has 1 aromatic heterocycles. The second kappa shape index (κ2) is 5.14. The van der Waals surface area contributed by atoms with E-state index in [1.165, 1.54) is 18.0 Å². The number of thioether (sulfide) groups is 1. The minimum Gasteiger partial charge on any atom is -0.383 e. The largest absolute Gasteiger partial charge is 0.383 e. The van der Waals surface area contributed by atoms with Crippen LogP contribution in [0, 0.1) is 0 Å². The maximum absolute atomic E-state index is 9.48. The molecule has 1 atom stereocenters. The third-order valence-electron chi connectivity index (χ3n) is 1.60. The van der Waals surface area contributed by atoms with Crippen molar-refractivity contribution in [2.75, 3.05) is 18.6 Å². The van der Waals surface area contributed by atoms with Crippen molar-refractivity contribution >= 4 is 17.6 Å². The Morgan fingerprint density at radius 2 is 2.43 bits per heavy atom. The molecule has 0 amide bonds. The molecule has 0 radical (unpaired) electrons. The van der Waals surface area contributed by atoms with Gasteiger partial charge in [-0.1, -0.05) is 11.8 Å². The lowest BCUT2D eigenvalue weighted by Crippen LogP contribution is -2.08. The molecule has 0 fully saturated rings. The van der Waals surface area contributed by atoms with Crippen molar-refractivity contribution in [3.63, 3.8) is 0 Å². The summed E-state index contributed by atoms with van der Waals surface area (Å²) in [5, 5.41) is 10.1. The number of nitrogens with zero attached hydrogens (tertiary/aromatic N) is 2. The van der Waals surface area contributed by atoms with Gasteiger partial charge in [0.05, 0.1) is 5.56 Å². The molecule has 0 saturated heterocycles. The zero-order valence-electron chi connectivity index (χ0n) is 8.10. The average molecular weight is 215 g/mol. The minimum absolute atomic E-state index is 0.255. The number of ether oxygens (including phenoxy) is 1. The van der Waals surface area contributed by atoms with Crippen LogP contribution in [0.1, 0.15) is 18.8 Å². The number of anilines is 1. The Balaban J connectivity index is 2.88. The number of aliphatic hydroxyl groups is 1. The molecule has 0 aliphatic heterocycles. The quantitative estimate of drug-likeness (QED) is 0.439. The van der Waals surface area contributed by atoms with Gasteiger partial charge in [-0.25, -0.2) is 9.97 Å². The van der Waals surface area contributed by atoms with E-state index in [9.17, 15) is 5.11 Å². The van der Waals surface area contributed by atoms with Crippen LogP contribution in [-0.4, -0.2) is 27.9 Å². The molecule has 3 N–H and O–H groups in total. The van der Waals surface area contributed by atoms with Crippen LogP contribution >= 0.6 is 11.8 Å². The highest BCUT2D eigenvalue weighted by molar-refractivity contribution is 7.98. The monoisotopic (exact) mass is 215 g/mol. The molecule has 6 heteroatoms. The first-order chi connectivity index (χ1) is 6.69. The molecule has 0 aliphatic carbocycles. The van der Waals surface area contributed by atoms with E-state index in [-0.39, 0.29) is 5.82 Å². The van der Waals surface area contributed by atoms with Crippen LogP contribution in [0.4, 0.5) is 5.82 Å². The van der Waals surface area contributed by atoms with Crippen LogP contribution in [-0.2, 0) is 4.74 Å². The van der Waals surface area contributed by atoms with E-state index in [2.05, 4.69) is 9.97 Å². The van der Waals surface area contributed by atoms with Crippen molar-refractivity contribution in [1.29, 1.82) is 0 Å². The van der Waals surface area contributed by atoms with Crippen LogP contribution in [0.15, 0.2) is 11.4 Å². The molecule has 5 nitrogen and oxygen atoms in total. The molecular formula is C8H13N3O2S. The molecule has 14 heavy (non-hydrogen) atoms. The van der Waals surface area contributed by atoms with Gasteiger partial charge in [0.2, 0.25) is 0 Å². The van der Waals surface area contributed by atoms with E-state index in [0.717, 1.165) is 0 Å². The molecule has 1 unspecified atom stereocenters. The number of hydrogen-bond acceptors (Lipinski definition) is 6. The Morgan fingerprint density at radius 3 is 2.93 bits per heavy atom. The Hall–Kier alpha value is -0.850. The zero-order chi connectivity index (χ0) is 10.6. The number of nitrogens with two attached hydrogens (primary N) is 1. The predicted molar refractivity (Wildman–Crippen MR) is 54.8 cm³/mol. The number of nitrogen functional groups attached to an aromatic ring is 1. The van der Waals surface area contributed by atoms with Crippen molar-refractivity contribution in [1.82, 2.24) is 9.97 Å². The molecule has 0 spiro atoms. The van der Waals surface area contributed by atoms with Gasteiger partial charge in [0.1, 0.15) is 5.82 Å². The molecule has 0 aromatic carbocycles. The number of rotatable bonds is 4. The number of aromatic nitrogens is 2. The second-order valence-electron chi connectivity index (χ2n) is 2.50. The van der Waals surface area contributed by atoms with Crippen LogP contribution in [0.25, 0.3) is 0 Å². The lowest BCUT2D eigenvalue weighted by molar-refractivity contribution is -0.0978. The Kier molecular flexibility index (Phi) is 4.12. The van der Waals surface area contributed by atoms with E-state index >= 15 is 0 Å². The SMILES string of the molecule is CCOC(O)c1cnc(SC)nc1N. The van der Waals surface area contributed by atoms with Gasteiger partial charge in [-0.15, -0.1) is 0 Å². The molecule has 1 rings (SSSR count). The van der Waals surface area contributed by atoms with Gasteiger partial charge in [0.15, 0.2) is 11.4 Å². The van der Waals surface area contributed by atoms with Crippen molar-refractivity contribution in [2.45, 2.75) is 18.4 Å². The second-order valence-corrected chi connectivity index (χ2v) is 3.28. The summed E-state index contributed by atoms with van der Waals surface area (Å²) in [6, 6.07) is 0. The lowest BCUT2D eigenvalue weighted by atomic mass is 10.3. The van der Waals surface area contributed by atoms with Gasteiger partial charge in [0.25, 0.3) is 0 Å². The third-order valence-corrected chi connectivity index (χ3v) is 2.16. The molecule has 0 aliphatic rings. The Bertz CT molecular complexity index is 309. The van der Waals surface area contributed by atoms with Crippen molar-refractivity contribution in [3.8, 4) is 0 Å². The van der Waals surface area contributed by atoms with Gasteiger partial charge in [-0.2, -0.15) is 0 Å². The first-order valence-electron chi connectivity index (χ1n) is 4.15. The molecule has 78 valence electrons. The predicted octanol–water partition coefficient (Wildman–Crippen LogP) is 0.808. The van der Waals surface area contributed by atoms with Gasteiger partial charge in [-0.05, 0) is 13.2 Å². The molecule has 1 aromatic rings. The summed E-state index contributed by atoms with van der Waals surface area (Å²) in [4.78, 5) is 7.98. The highest BCUT2D eigenvalue weighted by Crippen LogP contribution is 2.20. The summed E-state index contributed by atoms with van der Waals surface area (Å²) in [7, 11) is 0. The fourth-order valence-electron chi connectivity index (χ4n) is 0.924. The highest BCUT2D eigenvalue weighted by Gasteiger charge is 2.12. The van der Waals surface area contributed by atoms with Gasteiger partial charge in [0, 0.05) is 12.8 Å². The number of aliphatic hydroxyl groups excluding tert-OH is 1. The third kappa shape index (κ3) is 2.57. The molecular weight excluding hydrogens is 202 g/mol. The van der Waals surface area contributed by atoms with E-state index < -0.39 is 6.29 Å². The first-order valence-corrected chi connectivity index (χ1v) is 5.37. The van der Waals surface area contributed by atoms with Crippen LogP contribution in [0.3, 0.4) is 0 Å². The molecule has 0 saturated carbocycles. The molecule has 1 heterocycles. The normalized spacial score (nSPS) is 12.8. The Labute approximate surface area is 86.7 Å². The van der Waals surface area contributed by atoms with Gasteiger partial charge in [-0.3, -0.25) is 0 Å².